The molecule has 0 saturated carbocycles. The molecule has 0 spiro atoms. The molecule has 0 radical (unpaired) electrons. The van der Waals surface area contributed by atoms with Crippen LogP contribution in [-0.2, 0) is 0 Å². The smallest absolute Gasteiger partial charge is 0.116 e. The van der Waals surface area contributed by atoms with Crippen molar-refractivity contribution in [1.82, 2.24) is 0 Å². The number of aromatic hydroxyl groups is 1. The number of nitrogens with one attached hydrogen (secondary N) is 2. The van der Waals surface area contributed by atoms with E-state index in [2.05, 4.69) is 46.6 Å². The highest BCUT2D eigenvalue weighted by Gasteiger charge is 2.26. The SMILES string of the molecule is CC(C)c1cccc2c1NC(Nc1cccc3ccc(O)cc13)=C(N=[N+]=[N-])C2C. The van der Waals surface area contributed by atoms with Gasteiger partial charge < -0.3 is 15.7 Å². The molecule has 29 heavy (non-hydrogen) atoms. The first kappa shape index (κ1) is 18.7. The molecule has 0 bridgehead atoms. The Balaban J connectivity index is 1.85. The van der Waals surface area contributed by atoms with Gasteiger partial charge in [0.05, 0.1) is 5.70 Å². The van der Waals surface area contributed by atoms with Crippen molar-refractivity contribution in [3.05, 3.63) is 87.7 Å². The Morgan fingerprint density at radius 1 is 1.14 bits per heavy atom. The Kier molecular flexibility index (Phi) is 4.79. The second kappa shape index (κ2) is 7.41. The van der Waals surface area contributed by atoms with Crippen LogP contribution in [0.15, 0.2) is 71.2 Å². The molecule has 0 saturated heterocycles. The van der Waals surface area contributed by atoms with Gasteiger partial charge in [0, 0.05) is 27.6 Å². The summed E-state index contributed by atoms with van der Waals surface area (Å²) >= 11 is 0. The largest absolute Gasteiger partial charge is 0.508 e. The van der Waals surface area contributed by atoms with E-state index in [1.165, 1.54) is 5.56 Å². The topological polar surface area (TPSA) is 93.0 Å². The molecule has 1 aliphatic heterocycles. The number of hydrogen-bond donors (Lipinski definition) is 3. The van der Waals surface area contributed by atoms with Crippen molar-refractivity contribution in [2.24, 2.45) is 5.11 Å². The number of rotatable bonds is 4. The van der Waals surface area contributed by atoms with E-state index in [0.717, 1.165) is 27.7 Å². The molecule has 3 aromatic rings. The van der Waals surface area contributed by atoms with E-state index in [4.69, 9.17) is 5.53 Å². The van der Waals surface area contributed by atoms with Gasteiger partial charge in [-0.25, -0.2) is 0 Å². The van der Waals surface area contributed by atoms with Crippen molar-refractivity contribution in [1.29, 1.82) is 0 Å². The number of phenols is 1. The molecule has 1 heterocycles. The number of benzene rings is 3. The van der Waals surface area contributed by atoms with Crippen LogP contribution in [0, 0.1) is 0 Å². The summed E-state index contributed by atoms with van der Waals surface area (Å²) in [6.45, 7) is 6.37. The van der Waals surface area contributed by atoms with Crippen LogP contribution in [0.4, 0.5) is 11.4 Å². The Hall–Kier alpha value is -3.63. The van der Waals surface area contributed by atoms with Gasteiger partial charge in [-0.3, -0.25) is 0 Å². The predicted molar refractivity (Wildman–Crippen MR) is 118 cm³/mol. The maximum Gasteiger partial charge on any atom is 0.116 e. The number of phenolic OH excluding ortho intramolecular Hbond substituents is 1. The van der Waals surface area contributed by atoms with Crippen LogP contribution in [0.2, 0.25) is 0 Å². The molecule has 4 rings (SSSR count). The molecule has 1 unspecified atom stereocenters. The lowest BCUT2D eigenvalue weighted by atomic mass is 9.88. The number of hydrogen-bond acceptors (Lipinski definition) is 4. The summed E-state index contributed by atoms with van der Waals surface area (Å²) in [5, 5.41) is 22.7. The molecule has 0 fully saturated rings. The highest BCUT2D eigenvalue weighted by molar-refractivity contribution is 5.95. The highest BCUT2D eigenvalue weighted by Crippen LogP contribution is 2.42. The normalized spacial score (nSPS) is 15.7. The van der Waals surface area contributed by atoms with E-state index in [1.807, 2.05) is 37.3 Å². The molecule has 6 nitrogen and oxygen atoms in total. The highest BCUT2D eigenvalue weighted by atomic mass is 16.3. The van der Waals surface area contributed by atoms with Gasteiger partial charge in [-0.1, -0.05) is 62.3 Å². The maximum absolute atomic E-state index is 9.94. The number of nitrogens with zero attached hydrogens (tertiary/aromatic N) is 3. The quantitative estimate of drug-likeness (QED) is 0.262. The molecular weight excluding hydrogens is 362 g/mol. The minimum Gasteiger partial charge on any atom is -0.508 e. The van der Waals surface area contributed by atoms with E-state index in [0.29, 0.717) is 17.4 Å². The molecule has 3 aromatic carbocycles. The lowest BCUT2D eigenvalue weighted by Gasteiger charge is -2.31. The van der Waals surface area contributed by atoms with Gasteiger partial charge in [-0.15, -0.1) is 0 Å². The minimum absolute atomic E-state index is 0.0632. The summed E-state index contributed by atoms with van der Waals surface area (Å²) in [5.41, 5.74) is 14.0. The van der Waals surface area contributed by atoms with Gasteiger partial charge in [-0.05, 0) is 46.2 Å². The van der Waals surface area contributed by atoms with Crippen molar-refractivity contribution in [3.8, 4) is 5.75 Å². The summed E-state index contributed by atoms with van der Waals surface area (Å²) in [4.78, 5) is 3.06. The van der Waals surface area contributed by atoms with Gasteiger partial charge in [0.25, 0.3) is 0 Å². The first-order chi connectivity index (χ1) is 14.0. The molecule has 146 valence electrons. The lowest BCUT2D eigenvalue weighted by Crippen LogP contribution is -2.22. The Morgan fingerprint density at radius 3 is 2.69 bits per heavy atom. The van der Waals surface area contributed by atoms with Crippen molar-refractivity contribution in [2.75, 3.05) is 10.6 Å². The zero-order valence-corrected chi connectivity index (χ0v) is 16.6. The third-order valence-corrected chi connectivity index (χ3v) is 5.41. The molecule has 6 heteroatoms. The van der Waals surface area contributed by atoms with E-state index in [9.17, 15) is 5.11 Å². The van der Waals surface area contributed by atoms with Crippen LogP contribution in [0.5, 0.6) is 5.75 Å². The number of allylic oxidation sites excluding steroid dienone is 1. The zero-order chi connectivity index (χ0) is 20.5. The molecule has 0 aromatic heterocycles. The van der Waals surface area contributed by atoms with Crippen LogP contribution in [0.1, 0.15) is 43.7 Å². The molecular formula is C23H23N5O. The van der Waals surface area contributed by atoms with Crippen molar-refractivity contribution in [2.45, 2.75) is 32.6 Å². The maximum atomic E-state index is 9.94. The average molecular weight is 385 g/mol. The average Bonchev–Trinajstić information content (AvgIpc) is 2.71. The standard InChI is InChI=1S/C23H23N5O/c1-13(2)17-7-5-8-18-14(3)21(27-28-24)23(26-22(17)18)25-20-9-4-6-15-10-11-16(29)12-19(15)20/h4-14,25-26,29H,1-3H3. The first-order valence-corrected chi connectivity index (χ1v) is 9.67. The third-order valence-electron chi connectivity index (χ3n) is 5.41. The summed E-state index contributed by atoms with van der Waals surface area (Å²) in [7, 11) is 0. The fraction of sp³-hybridized carbons (Fsp3) is 0.217. The minimum atomic E-state index is -0.0632. The number of para-hydroxylation sites is 1. The number of anilines is 2. The van der Waals surface area contributed by atoms with Crippen LogP contribution in [0.3, 0.4) is 0 Å². The van der Waals surface area contributed by atoms with Gasteiger partial charge >= 0.3 is 0 Å². The molecule has 0 amide bonds. The molecule has 1 aliphatic rings. The summed E-state index contributed by atoms with van der Waals surface area (Å²) in [5.74, 6) is 1.15. The van der Waals surface area contributed by atoms with Crippen LogP contribution in [0.25, 0.3) is 21.2 Å². The molecule has 1 atom stereocenters. The van der Waals surface area contributed by atoms with Gasteiger partial charge in [0.1, 0.15) is 11.6 Å². The van der Waals surface area contributed by atoms with Crippen LogP contribution in [-0.4, -0.2) is 5.11 Å². The molecule has 0 aliphatic carbocycles. The predicted octanol–water partition coefficient (Wildman–Crippen LogP) is 6.79. The fourth-order valence-corrected chi connectivity index (χ4v) is 3.91. The second-order valence-corrected chi connectivity index (χ2v) is 7.60. The van der Waals surface area contributed by atoms with E-state index >= 15 is 0 Å². The fourth-order valence-electron chi connectivity index (χ4n) is 3.91. The summed E-state index contributed by atoms with van der Waals surface area (Å²) in [6.07, 6.45) is 0. The zero-order valence-electron chi connectivity index (χ0n) is 16.6. The van der Waals surface area contributed by atoms with E-state index < -0.39 is 0 Å². The van der Waals surface area contributed by atoms with Gasteiger partial charge in [-0.2, -0.15) is 0 Å². The van der Waals surface area contributed by atoms with Crippen molar-refractivity contribution in [3.63, 3.8) is 0 Å². The second-order valence-electron chi connectivity index (χ2n) is 7.60. The Bertz CT molecular complexity index is 1180. The third kappa shape index (κ3) is 3.35. The van der Waals surface area contributed by atoms with E-state index in [1.54, 1.807) is 12.1 Å². The van der Waals surface area contributed by atoms with Gasteiger partial charge in [0.2, 0.25) is 0 Å². The van der Waals surface area contributed by atoms with Crippen molar-refractivity contribution < 1.29 is 5.11 Å². The summed E-state index contributed by atoms with van der Waals surface area (Å²) < 4.78 is 0. The number of azide groups is 1. The Morgan fingerprint density at radius 2 is 1.93 bits per heavy atom. The Labute approximate surface area is 169 Å². The number of fused-ring (bicyclic) bond motifs is 2. The van der Waals surface area contributed by atoms with E-state index in [-0.39, 0.29) is 11.7 Å². The van der Waals surface area contributed by atoms with Crippen LogP contribution >= 0.6 is 0 Å². The van der Waals surface area contributed by atoms with Crippen molar-refractivity contribution >= 4 is 22.1 Å². The first-order valence-electron chi connectivity index (χ1n) is 9.67. The summed E-state index contributed by atoms with van der Waals surface area (Å²) in [6, 6.07) is 17.4. The molecule has 3 N–H and O–H groups in total. The monoisotopic (exact) mass is 385 g/mol. The van der Waals surface area contributed by atoms with Gasteiger partial charge in [0.15, 0.2) is 0 Å². The lowest BCUT2D eigenvalue weighted by molar-refractivity contribution is 0.476. The van der Waals surface area contributed by atoms with Crippen LogP contribution < -0.4 is 10.6 Å².